The largest absolute Gasteiger partial charge is 0.497 e. The van der Waals surface area contributed by atoms with Gasteiger partial charge in [-0.3, -0.25) is 13.9 Å². The van der Waals surface area contributed by atoms with Gasteiger partial charge >= 0.3 is 0 Å². The van der Waals surface area contributed by atoms with E-state index in [1.54, 1.807) is 43.3 Å². The number of halogens is 1. The smallest absolute Gasteiger partial charge is 0.242 e. The molecule has 0 bridgehead atoms. The molecule has 1 atom stereocenters. The van der Waals surface area contributed by atoms with E-state index in [1.165, 1.54) is 28.4 Å². The topological polar surface area (TPSA) is 96.0 Å². The molecular weight excluding hydrogens is 473 g/mol. The molecular formula is C25H34FN3O5S. The van der Waals surface area contributed by atoms with Crippen LogP contribution < -0.4 is 14.4 Å². The fourth-order valence-corrected chi connectivity index (χ4v) is 4.49. The minimum atomic E-state index is -3.60. The lowest BCUT2D eigenvalue weighted by Crippen LogP contribution is -2.47. The predicted molar refractivity (Wildman–Crippen MR) is 134 cm³/mol. The standard InChI is InChI=1S/C25H34FN3O5S/c1-5-15-27-25(31)19(2)28(18-20-11-13-21(26)14-12-20)24(30)10-7-16-29(35(4,32)33)22-8-6-9-23(17-22)34-3/h6,8-9,11-14,17,19H,5,7,10,15-16,18H2,1-4H3,(H,27,31)/t19-/m1/s1. The Hall–Kier alpha value is -3.14. The van der Waals surface area contributed by atoms with Crippen LogP contribution in [0.4, 0.5) is 10.1 Å². The Morgan fingerprint density at radius 3 is 2.43 bits per heavy atom. The van der Waals surface area contributed by atoms with E-state index in [9.17, 15) is 22.4 Å². The van der Waals surface area contributed by atoms with E-state index >= 15 is 0 Å². The highest BCUT2D eigenvalue weighted by Gasteiger charge is 2.26. The van der Waals surface area contributed by atoms with Gasteiger partial charge in [0.1, 0.15) is 17.6 Å². The van der Waals surface area contributed by atoms with Crippen molar-refractivity contribution >= 4 is 27.5 Å². The number of methoxy groups -OCH3 is 1. The monoisotopic (exact) mass is 507 g/mol. The predicted octanol–water partition coefficient (Wildman–Crippen LogP) is 3.32. The minimum absolute atomic E-state index is 0.0303. The average molecular weight is 508 g/mol. The summed E-state index contributed by atoms with van der Waals surface area (Å²) in [6.07, 6.45) is 2.14. The number of hydrogen-bond donors (Lipinski definition) is 1. The van der Waals surface area contributed by atoms with Gasteiger partial charge in [-0.05, 0) is 49.6 Å². The van der Waals surface area contributed by atoms with Crippen molar-refractivity contribution < 1.29 is 27.1 Å². The molecule has 0 aromatic heterocycles. The molecule has 35 heavy (non-hydrogen) atoms. The molecule has 2 aromatic rings. The number of nitrogens with one attached hydrogen (secondary N) is 1. The van der Waals surface area contributed by atoms with Crippen molar-refractivity contribution in [2.24, 2.45) is 0 Å². The lowest BCUT2D eigenvalue weighted by molar-refractivity contribution is -0.140. The summed E-state index contributed by atoms with van der Waals surface area (Å²) in [6, 6.07) is 11.7. The Morgan fingerprint density at radius 1 is 1.14 bits per heavy atom. The van der Waals surface area contributed by atoms with E-state index in [2.05, 4.69) is 5.32 Å². The van der Waals surface area contributed by atoms with E-state index < -0.39 is 21.9 Å². The maximum atomic E-state index is 13.3. The van der Waals surface area contributed by atoms with Gasteiger partial charge in [-0.25, -0.2) is 12.8 Å². The molecule has 0 saturated heterocycles. The molecule has 0 fully saturated rings. The molecule has 10 heteroatoms. The first-order chi connectivity index (χ1) is 16.6. The Balaban J connectivity index is 2.15. The third-order valence-corrected chi connectivity index (χ3v) is 6.67. The number of anilines is 1. The molecule has 2 rings (SSSR count). The van der Waals surface area contributed by atoms with Gasteiger partial charge in [0.2, 0.25) is 21.8 Å². The molecule has 192 valence electrons. The summed E-state index contributed by atoms with van der Waals surface area (Å²) in [5.74, 6) is -0.451. The van der Waals surface area contributed by atoms with Crippen LogP contribution >= 0.6 is 0 Å². The second kappa shape index (κ2) is 13.1. The molecule has 8 nitrogen and oxygen atoms in total. The molecule has 0 radical (unpaired) electrons. The first-order valence-electron chi connectivity index (χ1n) is 11.5. The van der Waals surface area contributed by atoms with Crippen LogP contribution in [-0.2, 0) is 26.2 Å². The number of benzene rings is 2. The van der Waals surface area contributed by atoms with Gasteiger partial charge in [-0.1, -0.05) is 25.1 Å². The molecule has 2 aromatic carbocycles. The second-order valence-corrected chi connectivity index (χ2v) is 10.2. The van der Waals surface area contributed by atoms with Crippen LogP contribution in [0.2, 0.25) is 0 Å². The fraction of sp³-hybridized carbons (Fsp3) is 0.440. The summed E-state index contributed by atoms with van der Waals surface area (Å²) in [5.41, 5.74) is 1.12. The highest BCUT2D eigenvalue weighted by Crippen LogP contribution is 2.24. The highest BCUT2D eigenvalue weighted by atomic mass is 32.2. The van der Waals surface area contributed by atoms with Crippen molar-refractivity contribution in [2.45, 2.75) is 45.7 Å². The Morgan fingerprint density at radius 2 is 1.83 bits per heavy atom. The SMILES string of the molecule is CCCNC(=O)[C@@H](C)N(Cc1ccc(F)cc1)C(=O)CCCN(c1cccc(OC)c1)S(C)(=O)=O. The first kappa shape index (κ1) is 28.1. The number of rotatable bonds is 13. The van der Waals surface area contributed by atoms with E-state index in [-0.39, 0.29) is 37.7 Å². The summed E-state index contributed by atoms with van der Waals surface area (Å²) in [5, 5.41) is 2.80. The van der Waals surface area contributed by atoms with Gasteiger partial charge < -0.3 is 15.0 Å². The maximum Gasteiger partial charge on any atom is 0.242 e. The molecule has 2 amide bonds. The van der Waals surface area contributed by atoms with Gasteiger partial charge in [-0.2, -0.15) is 0 Å². The lowest BCUT2D eigenvalue weighted by atomic mass is 10.1. The van der Waals surface area contributed by atoms with Crippen LogP contribution in [0, 0.1) is 5.82 Å². The second-order valence-electron chi connectivity index (χ2n) is 8.26. The maximum absolute atomic E-state index is 13.3. The molecule has 0 heterocycles. The number of carbonyl (C=O) groups excluding carboxylic acids is 2. The molecule has 0 spiro atoms. The zero-order valence-electron chi connectivity index (χ0n) is 20.7. The summed E-state index contributed by atoms with van der Waals surface area (Å²) in [4.78, 5) is 27.2. The summed E-state index contributed by atoms with van der Waals surface area (Å²) < 4.78 is 44.6. The number of amides is 2. The third-order valence-electron chi connectivity index (χ3n) is 5.48. The molecule has 0 aliphatic carbocycles. The van der Waals surface area contributed by atoms with Crippen molar-refractivity contribution in [2.75, 3.05) is 30.8 Å². The van der Waals surface area contributed by atoms with E-state index in [1.807, 2.05) is 6.92 Å². The number of hydrogen-bond acceptors (Lipinski definition) is 5. The van der Waals surface area contributed by atoms with Gasteiger partial charge in [0, 0.05) is 32.1 Å². The summed E-state index contributed by atoms with van der Waals surface area (Å²) in [6.45, 7) is 4.28. The minimum Gasteiger partial charge on any atom is -0.497 e. The van der Waals surface area contributed by atoms with Crippen LogP contribution in [0.3, 0.4) is 0 Å². The summed E-state index contributed by atoms with van der Waals surface area (Å²) >= 11 is 0. The third kappa shape index (κ3) is 8.54. The van der Waals surface area contributed by atoms with Crippen LogP contribution in [-0.4, -0.2) is 57.6 Å². The molecule has 0 unspecified atom stereocenters. The van der Waals surface area contributed by atoms with Crippen molar-refractivity contribution in [3.63, 3.8) is 0 Å². The zero-order valence-corrected chi connectivity index (χ0v) is 21.5. The van der Waals surface area contributed by atoms with Gasteiger partial charge in [0.05, 0.1) is 19.1 Å². The van der Waals surface area contributed by atoms with Crippen LogP contribution in [0.15, 0.2) is 48.5 Å². The van der Waals surface area contributed by atoms with Crippen molar-refractivity contribution in [3.05, 3.63) is 59.9 Å². The van der Waals surface area contributed by atoms with E-state index in [4.69, 9.17) is 4.74 Å². The number of sulfonamides is 1. The Kier molecular flexibility index (Phi) is 10.5. The lowest BCUT2D eigenvalue weighted by Gasteiger charge is -2.29. The molecule has 0 aliphatic rings. The number of carbonyl (C=O) groups is 2. The van der Waals surface area contributed by atoms with Gasteiger partial charge in [-0.15, -0.1) is 0 Å². The van der Waals surface area contributed by atoms with Crippen molar-refractivity contribution in [3.8, 4) is 5.75 Å². The number of ether oxygens (including phenoxy) is 1. The fourth-order valence-electron chi connectivity index (χ4n) is 3.53. The molecule has 0 aliphatic heterocycles. The van der Waals surface area contributed by atoms with Crippen LogP contribution in [0.1, 0.15) is 38.7 Å². The average Bonchev–Trinajstić information content (AvgIpc) is 2.83. The summed E-state index contributed by atoms with van der Waals surface area (Å²) in [7, 11) is -2.10. The van der Waals surface area contributed by atoms with E-state index in [0.717, 1.165) is 12.7 Å². The van der Waals surface area contributed by atoms with Crippen molar-refractivity contribution in [1.29, 1.82) is 0 Å². The first-order valence-corrected chi connectivity index (χ1v) is 13.3. The van der Waals surface area contributed by atoms with E-state index in [0.29, 0.717) is 23.5 Å². The molecule has 0 saturated carbocycles. The Bertz CT molecular complexity index is 1090. The van der Waals surface area contributed by atoms with Crippen molar-refractivity contribution in [1.82, 2.24) is 10.2 Å². The van der Waals surface area contributed by atoms with Crippen LogP contribution in [0.5, 0.6) is 5.75 Å². The van der Waals surface area contributed by atoms with Gasteiger partial charge in [0.25, 0.3) is 0 Å². The quantitative estimate of drug-likeness (QED) is 0.449. The highest BCUT2D eigenvalue weighted by molar-refractivity contribution is 7.92. The Labute approximate surface area is 207 Å². The zero-order chi connectivity index (χ0) is 26.0. The van der Waals surface area contributed by atoms with Crippen LogP contribution in [0.25, 0.3) is 0 Å². The normalized spacial score (nSPS) is 12.0. The molecule has 1 N–H and O–H groups in total. The number of nitrogens with zero attached hydrogens (tertiary/aromatic N) is 2. The van der Waals surface area contributed by atoms with Gasteiger partial charge in [0.15, 0.2) is 0 Å².